The molecule has 0 aliphatic carbocycles. The van der Waals surface area contributed by atoms with Gasteiger partial charge in [0.1, 0.15) is 17.1 Å². The van der Waals surface area contributed by atoms with E-state index < -0.39 is 0 Å². The number of aryl methyl sites for hydroxylation is 2. The molecular weight excluding hydrogens is 314 g/mol. The van der Waals surface area contributed by atoms with E-state index in [1.165, 1.54) is 0 Å². The van der Waals surface area contributed by atoms with E-state index in [4.69, 9.17) is 8.94 Å². The molecule has 23 heavy (non-hydrogen) atoms. The van der Waals surface area contributed by atoms with Crippen LogP contribution in [0.4, 0.5) is 0 Å². The van der Waals surface area contributed by atoms with Crippen molar-refractivity contribution in [2.45, 2.75) is 19.9 Å². The van der Waals surface area contributed by atoms with Crippen molar-refractivity contribution in [3.63, 3.8) is 0 Å². The number of carbonyl (C=O) groups is 1. The predicted molar refractivity (Wildman–Crippen MR) is 88.7 cm³/mol. The molecule has 0 aromatic carbocycles. The fraction of sp³-hybridized carbons (Fsp3) is 0.500. The first kappa shape index (κ1) is 16.1. The number of hydrogen-bond acceptors (Lipinski definition) is 6. The molecule has 1 aliphatic heterocycles. The number of furan rings is 1. The second kappa shape index (κ2) is 7.23. The van der Waals surface area contributed by atoms with Gasteiger partial charge in [-0.05, 0) is 26.0 Å². The van der Waals surface area contributed by atoms with Gasteiger partial charge in [-0.2, -0.15) is 11.8 Å². The van der Waals surface area contributed by atoms with Crippen LogP contribution in [0.2, 0.25) is 0 Å². The lowest BCUT2D eigenvalue weighted by Gasteiger charge is -2.33. The maximum Gasteiger partial charge on any atom is 0.256 e. The van der Waals surface area contributed by atoms with Crippen LogP contribution in [-0.4, -0.2) is 47.1 Å². The third-order valence-corrected chi connectivity index (χ3v) is 5.02. The van der Waals surface area contributed by atoms with Gasteiger partial charge in [0.15, 0.2) is 0 Å². The van der Waals surface area contributed by atoms with Crippen LogP contribution in [-0.2, 0) is 0 Å². The minimum absolute atomic E-state index is 0.0512. The van der Waals surface area contributed by atoms with Crippen LogP contribution < -0.4 is 5.32 Å². The number of nitrogens with one attached hydrogen (secondary N) is 1. The number of thioether (sulfide) groups is 1. The number of carbonyl (C=O) groups excluding carboxylic acids is 1. The Labute approximate surface area is 139 Å². The third-order valence-electron chi connectivity index (χ3n) is 4.07. The lowest BCUT2D eigenvalue weighted by atomic mass is 10.1. The van der Waals surface area contributed by atoms with Gasteiger partial charge in [0.05, 0.1) is 18.0 Å². The molecule has 3 heterocycles. The first-order valence-corrected chi connectivity index (χ1v) is 8.88. The molecule has 1 atom stereocenters. The molecule has 0 unspecified atom stereocenters. The molecule has 0 spiro atoms. The quantitative estimate of drug-likeness (QED) is 0.905. The summed E-state index contributed by atoms with van der Waals surface area (Å²) in [6.07, 6.45) is 1.68. The monoisotopic (exact) mass is 335 g/mol. The van der Waals surface area contributed by atoms with Gasteiger partial charge in [0, 0.05) is 31.1 Å². The number of aromatic nitrogens is 1. The Kier molecular flexibility index (Phi) is 5.07. The smallest absolute Gasteiger partial charge is 0.256 e. The Balaban J connectivity index is 1.70. The Morgan fingerprint density at radius 3 is 2.83 bits per heavy atom. The van der Waals surface area contributed by atoms with Gasteiger partial charge in [-0.1, -0.05) is 5.16 Å². The third kappa shape index (κ3) is 3.61. The van der Waals surface area contributed by atoms with E-state index in [2.05, 4.69) is 15.4 Å². The summed E-state index contributed by atoms with van der Waals surface area (Å²) in [5, 5.41) is 6.84. The minimum atomic E-state index is -0.149. The standard InChI is InChI=1S/C16H21N3O3S/c1-11-15(12(2)22-18-11)16(20)17-10-13(14-4-3-7-21-14)19-5-8-23-9-6-19/h3-4,7,13H,5-6,8-10H2,1-2H3,(H,17,20)/t13-/m1/s1. The number of amides is 1. The van der Waals surface area contributed by atoms with Crippen LogP contribution in [0.25, 0.3) is 0 Å². The van der Waals surface area contributed by atoms with Crippen molar-refractivity contribution in [3.8, 4) is 0 Å². The highest BCUT2D eigenvalue weighted by atomic mass is 32.2. The summed E-state index contributed by atoms with van der Waals surface area (Å²) >= 11 is 1.96. The molecule has 124 valence electrons. The van der Waals surface area contributed by atoms with Crippen LogP contribution in [0.1, 0.15) is 33.6 Å². The van der Waals surface area contributed by atoms with Crippen molar-refractivity contribution in [3.05, 3.63) is 41.2 Å². The molecule has 1 N–H and O–H groups in total. The highest BCUT2D eigenvalue weighted by Gasteiger charge is 2.26. The zero-order valence-electron chi connectivity index (χ0n) is 13.4. The van der Waals surface area contributed by atoms with Gasteiger partial charge >= 0.3 is 0 Å². The fourth-order valence-electron chi connectivity index (χ4n) is 2.86. The first-order chi connectivity index (χ1) is 11.2. The zero-order chi connectivity index (χ0) is 16.2. The molecular formula is C16H21N3O3S. The van der Waals surface area contributed by atoms with E-state index in [0.29, 0.717) is 23.6 Å². The van der Waals surface area contributed by atoms with Crippen molar-refractivity contribution in [1.82, 2.24) is 15.4 Å². The predicted octanol–water partition coefficient (Wildman–Crippen LogP) is 2.40. The molecule has 7 heteroatoms. The maximum absolute atomic E-state index is 12.4. The molecule has 3 rings (SSSR count). The lowest BCUT2D eigenvalue weighted by molar-refractivity contribution is 0.0927. The normalized spacial score (nSPS) is 17.1. The van der Waals surface area contributed by atoms with Gasteiger partial charge in [-0.15, -0.1) is 0 Å². The van der Waals surface area contributed by atoms with Gasteiger partial charge < -0.3 is 14.3 Å². The second-order valence-electron chi connectivity index (χ2n) is 5.59. The van der Waals surface area contributed by atoms with E-state index in [1.807, 2.05) is 23.9 Å². The Morgan fingerprint density at radius 1 is 1.43 bits per heavy atom. The molecule has 2 aromatic heterocycles. The molecule has 6 nitrogen and oxygen atoms in total. The molecule has 1 fully saturated rings. The summed E-state index contributed by atoms with van der Waals surface area (Å²) < 4.78 is 10.7. The van der Waals surface area contributed by atoms with Crippen LogP contribution in [0.3, 0.4) is 0 Å². The van der Waals surface area contributed by atoms with Crippen molar-refractivity contribution in [1.29, 1.82) is 0 Å². The number of hydrogen-bond donors (Lipinski definition) is 1. The summed E-state index contributed by atoms with van der Waals surface area (Å²) in [6.45, 7) is 6.02. The molecule has 0 saturated carbocycles. The molecule has 0 bridgehead atoms. The average molecular weight is 335 g/mol. The molecule has 0 radical (unpaired) electrons. The van der Waals surface area contributed by atoms with Gasteiger partial charge in [-0.3, -0.25) is 9.69 Å². The number of nitrogens with zero attached hydrogens (tertiary/aromatic N) is 2. The Hall–Kier alpha value is -1.73. The highest BCUT2D eigenvalue weighted by molar-refractivity contribution is 7.99. The van der Waals surface area contributed by atoms with Gasteiger partial charge in [0.25, 0.3) is 5.91 Å². The highest BCUT2D eigenvalue weighted by Crippen LogP contribution is 2.24. The van der Waals surface area contributed by atoms with Gasteiger partial charge in [-0.25, -0.2) is 0 Å². The van der Waals surface area contributed by atoms with Crippen LogP contribution >= 0.6 is 11.8 Å². The Morgan fingerprint density at radius 2 is 2.22 bits per heavy atom. The van der Waals surface area contributed by atoms with Gasteiger partial charge in [0.2, 0.25) is 0 Å². The van der Waals surface area contributed by atoms with Crippen LogP contribution in [0, 0.1) is 13.8 Å². The van der Waals surface area contributed by atoms with E-state index in [0.717, 1.165) is 30.4 Å². The fourth-order valence-corrected chi connectivity index (χ4v) is 3.80. The number of rotatable bonds is 5. The van der Waals surface area contributed by atoms with E-state index in [-0.39, 0.29) is 11.9 Å². The van der Waals surface area contributed by atoms with Crippen molar-refractivity contribution in [2.75, 3.05) is 31.1 Å². The van der Waals surface area contributed by atoms with Crippen LogP contribution in [0.15, 0.2) is 27.3 Å². The average Bonchev–Trinajstić information content (AvgIpc) is 3.19. The summed E-state index contributed by atoms with van der Waals surface area (Å²) in [7, 11) is 0. The first-order valence-electron chi connectivity index (χ1n) is 7.73. The van der Waals surface area contributed by atoms with Crippen molar-refractivity contribution >= 4 is 17.7 Å². The van der Waals surface area contributed by atoms with Crippen LogP contribution in [0.5, 0.6) is 0 Å². The zero-order valence-corrected chi connectivity index (χ0v) is 14.2. The SMILES string of the molecule is Cc1noc(C)c1C(=O)NC[C@H](c1ccco1)N1CCSCC1. The summed E-state index contributed by atoms with van der Waals surface area (Å²) in [4.78, 5) is 14.8. The summed E-state index contributed by atoms with van der Waals surface area (Å²) in [6, 6.07) is 3.90. The molecule has 1 amide bonds. The van der Waals surface area contributed by atoms with Crippen molar-refractivity contribution < 1.29 is 13.7 Å². The molecule has 1 saturated heterocycles. The second-order valence-corrected chi connectivity index (χ2v) is 6.81. The van der Waals surface area contributed by atoms with E-state index >= 15 is 0 Å². The van der Waals surface area contributed by atoms with E-state index in [1.54, 1.807) is 20.1 Å². The van der Waals surface area contributed by atoms with E-state index in [9.17, 15) is 4.79 Å². The summed E-state index contributed by atoms with van der Waals surface area (Å²) in [5.74, 6) is 3.49. The summed E-state index contributed by atoms with van der Waals surface area (Å²) in [5.41, 5.74) is 1.14. The minimum Gasteiger partial charge on any atom is -0.468 e. The largest absolute Gasteiger partial charge is 0.468 e. The molecule has 1 aliphatic rings. The topological polar surface area (TPSA) is 71.5 Å². The molecule has 2 aromatic rings. The lowest BCUT2D eigenvalue weighted by Crippen LogP contribution is -2.42. The maximum atomic E-state index is 12.4. The Bertz CT molecular complexity index is 628. The van der Waals surface area contributed by atoms with Crippen molar-refractivity contribution in [2.24, 2.45) is 0 Å².